The molecule has 0 aromatic heterocycles. The third-order valence-electron chi connectivity index (χ3n) is 7.80. The summed E-state index contributed by atoms with van der Waals surface area (Å²) in [6.07, 6.45) is 0.333. The molecule has 3 aromatic carbocycles. The summed E-state index contributed by atoms with van der Waals surface area (Å²) in [5.74, 6) is -5.84. The van der Waals surface area contributed by atoms with E-state index < -0.39 is 67.9 Å². The van der Waals surface area contributed by atoms with E-state index in [4.69, 9.17) is 31.0 Å². The van der Waals surface area contributed by atoms with Crippen molar-refractivity contribution in [1.82, 2.24) is 25.5 Å². The highest BCUT2D eigenvalue weighted by atomic mass is 16.6. The van der Waals surface area contributed by atoms with Gasteiger partial charge in [0.2, 0.25) is 5.91 Å². The molecule has 0 heterocycles. The van der Waals surface area contributed by atoms with Gasteiger partial charge in [0.25, 0.3) is 5.91 Å². The van der Waals surface area contributed by atoms with Crippen LogP contribution in [0.4, 0.5) is 0 Å². The number of rotatable bonds is 24. The Labute approximate surface area is 299 Å². The van der Waals surface area contributed by atoms with E-state index in [0.717, 1.165) is 27.5 Å². The number of carbonyl (C=O) groups is 6. The predicted octanol–water partition coefficient (Wildman–Crippen LogP) is -0.182. The topological polar surface area (TPSA) is 252 Å². The summed E-state index contributed by atoms with van der Waals surface area (Å²) in [5.41, 5.74) is 10.9. The molecule has 0 fully saturated rings. The minimum Gasteiger partial charge on any atom is -0.480 e. The molecule has 8 N–H and O–H groups in total. The van der Waals surface area contributed by atoms with Crippen LogP contribution in [0.3, 0.4) is 0 Å². The first-order valence-corrected chi connectivity index (χ1v) is 16.3. The van der Waals surface area contributed by atoms with E-state index in [2.05, 4.69) is 10.8 Å². The van der Waals surface area contributed by atoms with E-state index in [1.165, 1.54) is 9.80 Å². The SMILES string of the molecule is NC(Cc1ccc2ccccc2c1)C(=O)NOCc1ccc(CNC(=O)CN(CCN(CC(=O)O)CC(=O)O)CCN(CC(=O)O)CC(=O)O)cc1. The first-order chi connectivity index (χ1) is 24.8. The standard InChI is InChI=1S/C35H44N6O11/c36-29(16-26-9-10-27-3-1-2-4-28(27)15-26)35(51)38-52-23-25-7-5-24(6-8-25)17-37-30(42)18-39(11-13-40(19-31(43)44)20-32(45)46)12-14-41(21-33(47)48)22-34(49)50/h1-10,15,29H,11-14,16-23,36H2,(H,37,42)(H,38,51)(H,43,44)(H,45,46)(H,47,48)(H,49,50). The maximum atomic E-state index is 12.9. The smallest absolute Gasteiger partial charge is 0.317 e. The lowest BCUT2D eigenvalue weighted by molar-refractivity contribution is -0.143. The Hall–Kier alpha value is -5.46. The number of hydrogen-bond acceptors (Lipinski definition) is 11. The summed E-state index contributed by atoms with van der Waals surface area (Å²) in [5, 5.41) is 41.5. The largest absolute Gasteiger partial charge is 0.480 e. The first-order valence-electron chi connectivity index (χ1n) is 16.3. The lowest BCUT2D eigenvalue weighted by Crippen LogP contribution is -2.47. The second kappa shape index (κ2) is 21.0. The zero-order chi connectivity index (χ0) is 38.0. The molecular weight excluding hydrogens is 680 g/mol. The fourth-order valence-corrected chi connectivity index (χ4v) is 5.22. The number of fused-ring (bicyclic) bond motifs is 1. The molecule has 17 nitrogen and oxygen atoms in total. The Morgan fingerprint density at radius 1 is 0.615 bits per heavy atom. The van der Waals surface area contributed by atoms with Gasteiger partial charge in [-0.05, 0) is 33.9 Å². The summed E-state index contributed by atoms with van der Waals surface area (Å²) >= 11 is 0. The number of aliphatic carboxylic acids is 4. The van der Waals surface area contributed by atoms with Crippen molar-refractivity contribution < 1.29 is 54.0 Å². The number of carboxylic acids is 4. The monoisotopic (exact) mass is 724 g/mol. The number of amides is 2. The molecule has 0 radical (unpaired) electrons. The summed E-state index contributed by atoms with van der Waals surface area (Å²) in [4.78, 5) is 79.5. The van der Waals surface area contributed by atoms with Crippen molar-refractivity contribution in [2.45, 2.75) is 25.6 Å². The summed E-state index contributed by atoms with van der Waals surface area (Å²) in [6.45, 7) is -2.20. The van der Waals surface area contributed by atoms with Crippen LogP contribution in [0.15, 0.2) is 66.7 Å². The highest BCUT2D eigenvalue weighted by Gasteiger charge is 2.20. The van der Waals surface area contributed by atoms with Gasteiger partial charge in [-0.25, -0.2) is 5.48 Å². The number of nitrogens with zero attached hydrogens (tertiary/aromatic N) is 3. The molecule has 280 valence electrons. The quantitative estimate of drug-likeness (QED) is 0.0592. The summed E-state index contributed by atoms with van der Waals surface area (Å²) in [7, 11) is 0. The van der Waals surface area contributed by atoms with E-state index in [0.29, 0.717) is 6.42 Å². The van der Waals surface area contributed by atoms with Crippen LogP contribution in [0.1, 0.15) is 16.7 Å². The molecule has 17 heteroatoms. The lowest BCUT2D eigenvalue weighted by Gasteiger charge is -2.28. The molecule has 0 saturated heterocycles. The molecule has 1 atom stereocenters. The van der Waals surface area contributed by atoms with Gasteiger partial charge < -0.3 is 31.5 Å². The summed E-state index contributed by atoms with van der Waals surface area (Å²) < 4.78 is 0. The number of hydrogen-bond donors (Lipinski definition) is 7. The van der Waals surface area contributed by atoms with Gasteiger partial charge in [-0.2, -0.15) is 0 Å². The second-order valence-electron chi connectivity index (χ2n) is 12.1. The highest BCUT2D eigenvalue weighted by Crippen LogP contribution is 2.16. The first kappa shape index (κ1) is 41.0. The van der Waals surface area contributed by atoms with Crippen LogP contribution >= 0.6 is 0 Å². The minimum absolute atomic E-state index is 0.0376. The molecule has 2 amide bonds. The van der Waals surface area contributed by atoms with Crippen molar-refractivity contribution in [3.05, 3.63) is 83.4 Å². The molecule has 52 heavy (non-hydrogen) atoms. The highest BCUT2D eigenvalue weighted by molar-refractivity contribution is 5.84. The Morgan fingerprint density at radius 3 is 1.63 bits per heavy atom. The van der Waals surface area contributed by atoms with E-state index in [1.807, 2.05) is 42.5 Å². The lowest BCUT2D eigenvalue weighted by atomic mass is 10.0. The van der Waals surface area contributed by atoms with Crippen LogP contribution in [0.25, 0.3) is 10.8 Å². The minimum atomic E-state index is -1.24. The maximum Gasteiger partial charge on any atom is 0.317 e. The van der Waals surface area contributed by atoms with E-state index in [-0.39, 0.29) is 45.9 Å². The number of carbonyl (C=O) groups excluding carboxylic acids is 2. The zero-order valence-corrected chi connectivity index (χ0v) is 28.5. The van der Waals surface area contributed by atoms with Crippen LogP contribution in [-0.4, -0.2) is 136 Å². The molecule has 0 aliphatic rings. The van der Waals surface area contributed by atoms with Gasteiger partial charge in [-0.15, -0.1) is 0 Å². The van der Waals surface area contributed by atoms with Gasteiger partial charge in [0, 0.05) is 32.7 Å². The van der Waals surface area contributed by atoms with Crippen LogP contribution in [0.5, 0.6) is 0 Å². The van der Waals surface area contributed by atoms with Gasteiger partial charge in [0.1, 0.15) is 0 Å². The van der Waals surface area contributed by atoms with Crippen LogP contribution in [0, 0.1) is 0 Å². The van der Waals surface area contributed by atoms with Gasteiger partial charge in [0.15, 0.2) is 0 Å². The van der Waals surface area contributed by atoms with Crippen LogP contribution in [0.2, 0.25) is 0 Å². The van der Waals surface area contributed by atoms with Crippen molar-refractivity contribution in [3.63, 3.8) is 0 Å². The second-order valence-corrected chi connectivity index (χ2v) is 12.1. The molecule has 1 unspecified atom stereocenters. The van der Waals surface area contributed by atoms with Gasteiger partial charge in [0.05, 0.1) is 45.4 Å². The Morgan fingerprint density at radius 2 is 1.10 bits per heavy atom. The number of nitrogens with two attached hydrogens (primary N) is 1. The van der Waals surface area contributed by atoms with E-state index in [1.54, 1.807) is 29.2 Å². The van der Waals surface area contributed by atoms with Gasteiger partial charge in [-0.3, -0.25) is 48.3 Å². The third kappa shape index (κ3) is 15.6. The van der Waals surface area contributed by atoms with Crippen LogP contribution in [-0.2, 0) is 53.2 Å². The Kier molecular flexibility index (Phi) is 16.6. The molecule has 3 aromatic rings. The number of hydroxylamine groups is 1. The average molecular weight is 725 g/mol. The number of benzene rings is 3. The number of carboxylic acid groups (broad SMARTS) is 4. The van der Waals surface area contributed by atoms with Crippen molar-refractivity contribution in [2.24, 2.45) is 5.73 Å². The van der Waals surface area contributed by atoms with Gasteiger partial charge in [-0.1, -0.05) is 66.7 Å². The van der Waals surface area contributed by atoms with Crippen molar-refractivity contribution in [3.8, 4) is 0 Å². The fourth-order valence-electron chi connectivity index (χ4n) is 5.22. The predicted molar refractivity (Wildman–Crippen MR) is 187 cm³/mol. The molecule has 0 bridgehead atoms. The molecule has 0 aliphatic heterocycles. The zero-order valence-electron chi connectivity index (χ0n) is 28.5. The molecule has 0 saturated carbocycles. The normalized spacial score (nSPS) is 11.8. The Bertz CT molecular complexity index is 1620. The van der Waals surface area contributed by atoms with Crippen molar-refractivity contribution >= 4 is 46.5 Å². The van der Waals surface area contributed by atoms with Crippen molar-refractivity contribution in [2.75, 3.05) is 58.9 Å². The molecule has 0 spiro atoms. The number of nitrogens with one attached hydrogen (secondary N) is 2. The molecule has 0 aliphatic carbocycles. The van der Waals surface area contributed by atoms with Crippen LogP contribution < -0.4 is 16.5 Å². The summed E-state index contributed by atoms with van der Waals surface area (Å²) in [6, 6.07) is 20.0. The maximum absolute atomic E-state index is 12.9. The molecule has 3 rings (SSSR count). The average Bonchev–Trinajstić information content (AvgIpc) is 3.07. The fraction of sp³-hybridized carbons (Fsp3) is 0.371. The van der Waals surface area contributed by atoms with E-state index in [9.17, 15) is 28.8 Å². The molecular formula is C35H44N6O11. The van der Waals surface area contributed by atoms with E-state index >= 15 is 0 Å². The Balaban J connectivity index is 1.48. The third-order valence-corrected chi connectivity index (χ3v) is 7.80. The van der Waals surface area contributed by atoms with Gasteiger partial charge >= 0.3 is 23.9 Å². The van der Waals surface area contributed by atoms with Crippen molar-refractivity contribution in [1.29, 1.82) is 0 Å².